The minimum absolute atomic E-state index is 0.122. The Morgan fingerprint density at radius 3 is 2.53 bits per heavy atom. The largest absolute Gasteiger partial charge is 0.573 e. The molecule has 0 spiro atoms. The monoisotopic (exact) mass is 480 g/mol. The van der Waals surface area contributed by atoms with Gasteiger partial charge in [-0.25, -0.2) is 4.98 Å². The Morgan fingerprint density at radius 2 is 1.83 bits per heavy atom. The van der Waals surface area contributed by atoms with Crippen LogP contribution in [0.3, 0.4) is 0 Å². The van der Waals surface area contributed by atoms with Gasteiger partial charge in [0.15, 0.2) is 0 Å². The van der Waals surface area contributed by atoms with Gasteiger partial charge in [-0.2, -0.15) is 4.98 Å². The second kappa shape index (κ2) is 9.34. The van der Waals surface area contributed by atoms with E-state index in [0.29, 0.717) is 23.0 Å². The molecule has 0 saturated carbocycles. The first-order chi connectivity index (χ1) is 14.2. The molecule has 1 heterocycles. The molecule has 1 aromatic heterocycles. The Bertz CT molecular complexity index is 1010. The molecule has 158 valence electrons. The fraction of sp³-hybridized carbons (Fsp3) is 0.238. The summed E-state index contributed by atoms with van der Waals surface area (Å²) in [6.07, 6.45) is -3.91. The first kappa shape index (κ1) is 21.9. The summed E-state index contributed by atoms with van der Waals surface area (Å²) < 4.78 is 42.7. The molecular formula is C21H20BrF3N4O. The molecular weight excluding hydrogens is 461 g/mol. The van der Waals surface area contributed by atoms with Gasteiger partial charge < -0.3 is 15.4 Å². The third-order valence-electron chi connectivity index (χ3n) is 4.21. The maximum absolute atomic E-state index is 12.6. The number of halogens is 4. The molecule has 0 bridgehead atoms. The van der Waals surface area contributed by atoms with Crippen molar-refractivity contribution in [1.29, 1.82) is 0 Å². The molecule has 0 radical (unpaired) electrons. The van der Waals surface area contributed by atoms with Crippen LogP contribution < -0.4 is 15.4 Å². The second-order valence-corrected chi connectivity index (χ2v) is 7.45. The summed E-state index contributed by atoms with van der Waals surface area (Å²) in [7, 11) is 0. The number of benzene rings is 2. The number of anilines is 3. The second-order valence-electron chi connectivity index (χ2n) is 6.60. The van der Waals surface area contributed by atoms with Crippen molar-refractivity contribution in [3.63, 3.8) is 0 Å². The lowest BCUT2D eigenvalue weighted by molar-refractivity contribution is -0.274. The third-order valence-corrected chi connectivity index (χ3v) is 4.91. The zero-order valence-electron chi connectivity index (χ0n) is 16.3. The fourth-order valence-corrected chi connectivity index (χ4v) is 2.98. The molecule has 3 aromatic rings. The van der Waals surface area contributed by atoms with E-state index < -0.39 is 6.36 Å². The van der Waals surface area contributed by atoms with E-state index in [1.807, 2.05) is 38.1 Å². The average Bonchev–Trinajstić information content (AvgIpc) is 2.68. The summed E-state index contributed by atoms with van der Waals surface area (Å²) in [6.45, 7) is 4.02. The minimum Gasteiger partial charge on any atom is -0.406 e. The van der Waals surface area contributed by atoms with Crippen molar-refractivity contribution in [3.05, 3.63) is 59.1 Å². The molecule has 30 heavy (non-hydrogen) atoms. The number of alkyl halides is 3. The predicted molar refractivity (Wildman–Crippen MR) is 115 cm³/mol. The highest BCUT2D eigenvalue weighted by Crippen LogP contribution is 2.30. The predicted octanol–water partition coefficient (Wildman–Crippen LogP) is 6.76. The molecule has 0 aliphatic heterocycles. The molecule has 0 aliphatic rings. The van der Waals surface area contributed by atoms with Crippen LogP contribution in [-0.2, 0) is 0 Å². The van der Waals surface area contributed by atoms with E-state index in [0.717, 1.165) is 16.6 Å². The minimum atomic E-state index is -4.76. The van der Waals surface area contributed by atoms with Gasteiger partial charge in [-0.15, -0.1) is 13.2 Å². The molecule has 2 aromatic carbocycles. The molecule has 0 amide bonds. The number of hydrogen-bond donors (Lipinski definition) is 2. The van der Waals surface area contributed by atoms with Crippen LogP contribution in [0.2, 0.25) is 0 Å². The standard InChI is InChI=1S/C21H20BrF3N4O/c1-3-13(2)26-20-28-18(14-7-6-8-15(11-14)30-21(23,24)25)12-19(29-20)27-17-10-5-4-9-16(17)22/h4-13H,3H2,1-2H3,(H2,26,27,28,29)/t13-/m0/s1. The topological polar surface area (TPSA) is 59.1 Å². The number of rotatable bonds is 7. The van der Waals surface area contributed by atoms with E-state index in [-0.39, 0.29) is 11.8 Å². The number of nitrogens with zero attached hydrogens (tertiary/aromatic N) is 2. The fourth-order valence-electron chi connectivity index (χ4n) is 2.60. The highest BCUT2D eigenvalue weighted by molar-refractivity contribution is 9.10. The smallest absolute Gasteiger partial charge is 0.406 e. The Balaban J connectivity index is 2.00. The number of hydrogen-bond acceptors (Lipinski definition) is 5. The van der Waals surface area contributed by atoms with Crippen molar-refractivity contribution in [2.45, 2.75) is 32.7 Å². The lowest BCUT2D eigenvalue weighted by Gasteiger charge is -2.15. The van der Waals surface area contributed by atoms with E-state index >= 15 is 0 Å². The number of ether oxygens (including phenoxy) is 1. The summed E-state index contributed by atoms with van der Waals surface area (Å²) in [4.78, 5) is 8.98. The van der Waals surface area contributed by atoms with Crippen LogP contribution >= 0.6 is 15.9 Å². The van der Waals surface area contributed by atoms with Crippen molar-refractivity contribution < 1.29 is 17.9 Å². The third kappa shape index (κ3) is 6.09. The van der Waals surface area contributed by atoms with E-state index in [9.17, 15) is 13.2 Å². The van der Waals surface area contributed by atoms with Crippen molar-refractivity contribution in [2.75, 3.05) is 10.6 Å². The maximum Gasteiger partial charge on any atom is 0.573 e. The van der Waals surface area contributed by atoms with Crippen LogP contribution in [0.5, 0.6) is 5.75 Å². The van der Waals surface area contributed by atoms with Gasteiger partial charge in [0.05, 0.1) is 11.4 Å². The molecule has 1 atom stereocenters. The first-order valence-electron chi connectivity index (χ1n) is 9.27. The van der Waals surface area contributed by atoms with E-state index in [1.54, 1.807) is 12.1 Å². The molecule has 0 unspecified atom stereocenters. The Hall–Kier alpha value is -2.81. The quantitative estimate of drug-likeness (QED) is 0.391. The van der Waals surface area contributed by atoms with Gasteiger partial charge >= 0.3 is 6.36 Å². The SMILES string of the molecule is CC[C@H](C)Nc1nc(Nc2ccccc2Br)cc(-c2cccc(OC(F)(F)F)c2)n1. The van der Waals surface area contributed by atoms with Crippen molar-refractivity contribution >= 4 is 33.4 Å². The van der Waals surface area contributed by atoms with Gasteiger partial charge in [0, 0.05) is 22.1 Å². The van der Waals surface area contributed by atoms with Gasteiger partial charge in [0.25, 0.3) is 0 Å². The van der Waals surface area contributed by atoms with Crippen LogP contribution in [0.1, 0.15) is 20.3 Å². The van der Waals surface area contributed by atoms with Gasteiger partial charge in [-0.1, -0.05) is 31.2 Å². The Morgan fingerprint density at radius 1 is 1.07 bits per heavy atom. The molecule has 5 nitrogen and oxygen atoms in total. The molecule has 9 heteroatoms. The maximum atomic E-state index is 12.6. The Labute approximate surface area is 180 Å². The zero-order valence-corrected chi connectivity index (χ0v) is 17.9. The zero-order chi connectivity index (χ0) is 21.7. The van der Waals surface area contributed by atoms with Crippen LogP contribution in [0.4, 0.5) is 30.6 Å². The van der Waals surface area contributed by atoms with Gasteiger partial charge in [0.1, 0.15) is 11.6 Å². The van der Waals surface area contributed by atoms with Crippen LogP contribution in [0.15, 0.2) is 59.1 Å². The van der Waals surface area contributed by atoms with Crippen molar-refractivity contribution in [2.24, 2.45) is 0 Å². The van der Waals surface area contributed by atoms with Crippen molar-refractivity contribution in [3.8, 4) is 17.0 Å². The lowest BCUT2D eigenvalue weighted by atomic mass is 10.1. The number of nitrogens with one attached hydrogen (secondary N) is 2. The summed E-state index contributed by atoms with van der Waals surface area (Å²) in [5, 5.41) is 6.43. The molecule has 0 aliphatic carbocycles. The first-order valence-corrected chi connectivity index (χ1v) is 10.1. The number of para-hydroxylation sites is 1. The van der Waals surface area contributed by atoms with E-state index in [2.05, 4.69) is 41.3 Å². The molecule has 2 N–H and O–H groups in total. The number of aromatic nitrogens is 2. The summed E-state index contributed by atoms with van der Waals surface area (Å²) >= 11 is 3.48. The summed E-state index contributed by atoms with van der Waals surface area (Å²) in [5.74, 6) is 0.564. The highest BCUT2D eigenvalue weighted by Gasteiger charge is 2.31. The normalized spacial score (nSPS) is 12.3. The van der Waals surface area contributed by atoms with Crippen LogP contribution in [-0.4, -0.2) is 22.4 Å². The van der Waals surface area contributed by atoms with Gasteiger partial charge in [-0.05, 0) is 53.5 Å². The summed E-state index contributed by atoms with van der Waals surface area (Å²) in [6, 6.07) is 15.0. The van der Waals surface area contributed by atoms with Crippen LogP contribution in [0.25, 0.3) is 11.3 Å². The molecule has 0 saturated heterocycles. The van der Waals surface area contributed by atoms with Crippen LogP contribution in [0, 0.1) is 0 Å². The summed E-state index contributed by atoms with van der Waals surface area (Å²) in [5.41, 5.74) is 1.73. The average molecular weight is 481 g/mol. The molecule has 0 fully saturated rings. The molecule has 3 rings (SSSR count). The lowest BCUT2D eigenvalue weighted by Crippen LogP contribution is -2.17. The highest BCUT2D eigenvalue weighted by atomic mass is 79.9. The van der Waals surface area contributed by atoms with Crippen molar-refractivity contribution in [1.82, 2.24) is 9.97 Å². The van der Waals surface area contributed by atoms with Gasteiger partial charge in [-0.3, -0.25) is 0 Å². The van der Waals surface area contributed by atoms with Gasteiger partial charge in [0.2, 0.25) is 5.95 Å². The van der Waals surface area contributed by atoms with E-state index in [1.165, 1.54) is 18.2 Å². The Kier molecular flexibility index (Phi) is 6.81. The van der Waals surface area contributed by atoms with E-state index in [4.69, 9.17) is 0 Å².